The average Bonchev–Trinajstić information content (AvgIpc) is 3.28. The molecule has 0 aliphatic carbocycles. The maximum absolute atomic E-state index is 13.0. The summed E-state index contributed by atoms with van der Waals surface area (Å²) in [7, 11) is 3.19. The van der Waals surface area contributed by atoms with Crippen LogP contribution in [0.15, 0.2) is 18.2 Å². The Hall–Kier alpha value is -1.79. The van der Waals surface area contributed by atoms with Crippen LogP contribution < -0.4 is 9.47 Å². The number of carbonyl (C=O) groups is 1. The van der Waals surface area contributed by atoms with Crippen LogP contribution in [0.2, 0.25) is 0 Å². The molecule has 0 radical (unpaired) electrons. The van der Waals surface area contributed by atoms with E-state index in [9.17, 15) is 4.79 Å². The predicted octanol–water partition coefficient (Wildman–Crippen LogP) is 2.95. The molecular weight excluding hydrogens is 356 g/mol. The molecule has 154 valence electrons. The van der Waals surface area contributed by atoms with E-state index in [0.29, 0.717) is 23.1 Å². The van der Waals surface area contributed by atoms with Crippen LogP contribution in [0, 0.1) is 0 Å². The van der Waals surface area contributed by atoms with E-state index >= 15 is 0 Å². The van der Waals surface area contributed by atoms with E-state index in [1.54, 1.807) is 26.4 Å². The molecule has 3 aliphatic heterocycles. The first-order valence-corrected chi connectivity index (χ1v) is 10.5. The fourth-order valence-electron chi connectivity index (χ4n) is 5.04. The zero-order valence-corrected chi connectivity index (χ0v) is 17.1. The number of benzene rings is 1. The normalized spacial score (nSPS) is 25.1. The van der Waals surface area contributed by atoms with Crippen LogP contribution >= 0.6 is 0 Å². The van der Waals surface area contributed by atoms with Crippen LogP contribution in [0.1, 0.15) is 48.9 Å². The lowest BCUT2D eigenvalue weighted by molar-refractivity contribution is -0.128. The van der Waals surface area contributed by atoms with E-state index in [4.69, 9.17) is 14.2 Å². The lowest BCUT2D eigenvalue weighted by Gasteiger charge is -2.48. The molecule has 1 atom stereocenters. The highest BCUT2D eigenvalue weighted by molar-refractivity contribution is 5.95. The SMILES string of the molecule is COc1ccc(C(=O)N2CCC3(CC2)CC(N2CCCC2)CCO3)cc1OC. The Morgan fingerprint density at radius 3 is 2.46 bits per heavy atom. The Morgan fingerprint density at radius 2 is 1.79 bits per heavy atom. The average molecular weight is 389 g/mol. The second-order valence-electron chi connectivity index (χ2n) is 8.28. The van der Waals surface area contributed by atoms with E-state index in [0.717, 1.165) is 45.4 Å². The molecule has 6 nitrogen and oxygen atoms in total. The Balaban J connectivity index is 1.39. The number of carbonyl (C=O) groups excluding carboxylic acids is 1. The molecule has 3 aliphatic rings. The molecule has 28 heavy (non-hydrogen) atoms. The molecule has 3 saturated heterocycles. The summed E-state index contributed by atoms with van der Waals surface area (Å²) in [5.41, 5.74) is 0.605. The molecule has 3 fully saturated rings. The molecule has 1 spiro atoms. The van der Waals surface area contributed by atoms with Crippen LogP contribution in [-0.2, 0) is 4.74 Å². The largest absolute Gasteiger partial charge is 0.493 e. The Labute approximate surface area is 167 Å². The van der Waals surface area contributed by atoms with Gasteiger partial charge in [0.2, 0.25) is 0 Å². The fraction of sp³-hybridized carbons (Fsp3) is 0.682. The van der Waals surface area contributed by atoms with Gasteiger partial charge in [0.25, 0.3) is 5.91 Å². The molecule has 4 rings (SSSR count). The molecule has 1 aromatic rings. The Morgan fingerprint density at radius 1 is 1.07 bits per heavy atom. The topological polar surface area (TPSA) is 51.2 Å². The first kappa shape index (κ1) is 19.5. The summed E-state index contributed by atoms with van der Waals surface area (Å²) >= 11 is 0. The van der Waals surface area contributed by atoms with Gasteiger partial charge in [0.15, 0.2) is 11.5 Å². The van der Waals surface area contributed by atoms with Gasteiger partial charge in [-0.3, -0.25) is 4.79 Å². The number of hydrogen-bond acceptors (Lipinski definition) is 5. The van der Waals surface area contributed by atoms with Crippen LogP contribution in [0.4, 0.5) is 0 Å². The summed E-state index contributed by atoms with van der Waals surface area (Å²) in [5, 5.41) is 0. The maximum atomic E-state index is 13.0. The zero-order chi connectivity index (χ0) is 19.6. The third-order valence-electron chi connectivity index (χ3n) is 6.72. The van der Waals surface area contributed by atoms with E-state index in [1.807, 2.05) is 11.0 Å². The highest BCUT2D eigenvalue weighted by atomic mass is 16.5. The zero-order valence-electron chi connectivity index (χ0n) is 17.1. The number of nitrogens with zero attached hydrogens (tertiary/aromatic N) is 2. The smallest absolute Gasteiger partial charge is 0.253 e. The predicted molar refractivity (Wildman–Crippen MR) is 107 cm³/mol. The van der Waals surface area contributed by atoms with E-state index in [2.05, 4.69) is 4.90 Å². The standard InChI is InChI=1S/C22H32N2O4/c1-26-19-6-5-17(15-20(19)27-2)21(25)24-12-8-22(9-13-24)16-18(7-14-28-22)23-10-3-4-11-23/h5-6,15,18H,3-4,7-14,16H2,1-2H3. The van der Waals surface area contributed by atoms with Crippen molar-refractivity contribution in [1.82, 2.24) is 9.80 Å². The van der Waals surface area contributed by atoms with Gasteiger partial charge in [-0.1, -0.05) is 0 Å². The highest BCUT2D eigenvalue weighted by Gasteiger charge is 2.42. The number of amides is 1. The molecule has 0 bridgehead atoms. The van der Waals surface area contributed by atoms with Gasteiger partial charge >= 0.3 is 0 Å². The molecule has 3 heterocycles. The molecule has 6 heteroatoms. The number of ether oxygens (including phenoxy) is 3. The summed E-state index contributed by atoms with van der Waals surface area (Å²) < 4.78 is 16.9. The maximum Gasteiger partial charge on any atom is 0.253 e. The monoisotopic (exact) mass is 388 g/mol. The third-order valence-corrected chi connectivity index (χ3v) is 6.72. The van der Waals surface area contributed by atoms with Crippen molar-refractivity contribution in [2.24, 2.45) is 0 Å². The number of piperidine rings is 1. The lowest BCUT2D eigenvalue weighted by atomic mass is 9.81. The minimum Gasteiger partial charge on any atom is -0.493 e. The first-order valence-electron chi connectivity index (χ1n) is 10.5. The van der Waals surface area contributed by atoms with Crippen molar-refractivity contribution in [3.05, 3.63) is 23.8 Å². The first-order chi connectivity index (χ1) is 13.6. The second-order valence-corrected chi connectivity index (χ2v) is 8.28. The molecule has 1 amide bonds. The molecule has 0 aromatic heterocycles. The number of hydrogen-bond donors (Lipinski definition) is 0. The van der Waals surface area contributed by atoms with E-state index in [-0.39, 0.29) is 11.5 Å². The van der Waals surface area contributed by atoms with Crippen molar-refractivity contribution in [2.45, 2.75) is 50.2 Å². The van der Waals surface area contributed by atoms with Gasteiger partial charge in [0.1, 0.15) is 0 Å². The number of methoxy groups -OCH3 is 2. The molecule has 1 aromatic carbocycles. The minimum absolute atomic E-state index is 0.0418. The van der Waals surface area contributed by atoms with E-state index in [1.165, 1.54) is 25.9 Å². The molecule has 0 saturated carbocycles. The van der Waals surface area contributed by atoms with E-state index < -0.39 is 0 Å². The Bertz CT molecular complexity index is 694. The van der Waals surface area contributed by atoms with Gasteiger partial charge in [-0.15, -0.1) is 0 Å². The Kier molecular flexibility index (Phi) is 5.78. The third kappa shape index (κ3) is 3.85. The van der Waals surface area contributed by atoms with Crippen LogP contribution in [-0.4, -0.2) is 74.4 Å². The van der Waals surface area contributed by atoms with Gasteiger partial charge in [-0.05, 0) is 69.8 Å². The van der Waals surface area contributed by atoms with Crippen LogP contribution in [0.5, 0.6) is 11.5 Å². The summed E-state index contributed by atoms with van der Waals surface area (Å²) in [4.78, 5) is 17.6. The van der Waals surface area contributed by atoms with Gasteiger partial charge in [0, 0.05) is 31.3 Å². The van der Waals surface area contributed by atoms with Crippen molar-refractivity contribution in [2.75, 3.05) is 47.0 Å². The van der Waals surface area contributed by atoms with Crippen molar-refractivity contribution in [3.63, 3.8) is 0 Å². The fourth-order valence-corrected chi connectivity index (χ4v) is 5.04. The molecular formula is C22H32N2O4. The van der Waals surface area contributed by atoms with Crippen LogP contribution in [0.3, 0.4) is 0 Å². The van der Waals surface area contributed by atoms with Gasteiger partial charge in [0.05, 0.1) is 19.8 Å². The summed E-state index contributed by atoms with van der Waals surface area (Å²) in [6.45, 7) is 4.83. The lowest BCUT2D eigenvalue weighted by Crippen LogP contribution is -2.54. The second kappa shape index (κ2) is 8.29. The molecule has 0 N–H and O–H groups in total. The summed E-state index contributed by atoms with van der Waals surface area (Å²) in [6.07, 6.45) is 6.78. The van der Waals surface area contributed by atoms with Crippen molar-refractivity contribution in [3.8, 4) is 11.5 Å². The molecule has 1 unspecified atom stereocenters. The number of likely N-dealkylation sites (tertiary alicyclic amines) is 2. The highest BCUT2D eigenvalue weighted by Crippen LogP contribution is 2.38. The quantitative estimate of drug-likeness (QED) is 0.794. The number of rotatable bonds is 4. The van der Waals surface area contributed by atoms with Crippen molar-refractivity contribution >= 4 is 5.91 Å². The minimum atomic E-state index is -0.0418. The summed E-state index contributed by atoms with van der Waals surface area (Å²) in [5.74, 6) is 1.29. The van der Waals surface area contributed by atoms with Crippen molar-refractivity contribution < 1.29 is 19.0 Å². The van der Waals surface area contributed by atoms with Gasteiger partial charge < -0.3 is 24.0 Å². The van der Waals surface area contributed by atoms with Gasteiger partial charge in [-0.25, -0.2) is 0 Å². The van der Waals surface area contributed by atoms with Crippen molar-refractivity contribution in [1.29, 1.82) is 0 Å². The summed E-state index contributed by atoms with van der Waals surface area (Å²) in [6, 6.07) is 6.03. The van der Waals surface area contributed by atoms with Crippen LogP contribution in [0.25, 0.3) is 0 Å². The van der Waals surface area contributed by atoms with Gasteiger partial charge in [-0.2, -0.15) is 0 Å².